The molecule has 26 heavy (non-hydrogen) atoms. The van der Waals surface area contributed by atoms with Gasteiger partial charge in [-0.3, -0.25) is 4.79 Å². The highest BCUT2D eigenvalue weighted by molar-refractivity contribution is 7.17. The van der Waals surface area contributed by atoms with Crippen LogP contribution in [0.25, 0.3) is 0 Å². The van der Waals surface area contributed by atoms with Crippen molar-refractivity contribution in [1.29, 1.82) is 0 Å². The van der Waals surface area contributed by atoms with Gasteiger partial charge in [-0.05, 0) is 38.0 Å². The number of phenolic OH excluding ortho intramolecular Hbond substituents is 1. The predicted molar refractivity (Wildman–Crippen MR) is 106 cm³/mol. The summed E-state index contributed by atoms with van der Waals surface area (Å²) in [7, 11) is 0. The highest BCUT2D eigenvalue weighted by atomic mass is 32.1. The van der Waals surface area contributed by atoms with Gasteiger partial charge in [-0.15, -0.1) is 0 Å². The fourth-order valence-corrected chi connectivity index (χ4v) is 3.46. The van der Waals surface area contributed by atoms with E-state index in [0.29, 0.717) is 21.3 Å². The molecule has 0 radical (unpaired) electrons. The Labute approximate surface area is 156 Å². The van der Waals surface area contributed by atoms with Crippen LogP contribution in [0.2, 0.25) is 0 Å². The van der Waals surface area contributed by atoms with Gasteiger partial charge in [0.15, 0.2) is 5.13 Å². The monoisotopic (exact) mass is 367 g/mol. The number of rotatable bonds is 5. The number of hydrogen-bond acceptors (Lipinski definition) is 5. The van der Waals surface area contributed by atoms with Crippen LogP contribution in [0, 0.1) is 13.8 Å². The normalized spacial score (nSPS) is 11.8. The maximum Gasteiger partial charge on any atom is 0.267 e. The summed E-state index contributed by atoms with van der Waals surface area (Å²) >= 11 is 1.30. The van der Waals surface area contributed by atoms with Crippen molar-refractivity contribution in [2.45, 2.75) is 26.8 Å². The third kappa shape index (κ3) is 3.86. The molecular weight excluding hydrogens is 346 g/mol. The van der Waals surface area contributed by atoms with Crippen LogP contribution >= 0.6 is 11.3 Å². The zero-order valence-electron chi connectivity index (χ0n) is 14.9. The van der Waals surface area contributed by atoms with Crippen LogP contribution in [0.3, 0.4) is 0 Å². The third-order valence-corrected chi connectivity index (χ3v) is 5.18. The van der Waals surface area contributed by atoms with Crippen LogP contribution in [0.1, 0.15) is 39.3 Å². The van der Waals surface area contributed by atoms with Gasteiger partial charge in [0.25, 0.3) is 5.91 Å². The van der Waals surface area contributed by atoms with Gasteiger partial charge in [0.1, 0.15) is 10.6 Å². The highest BCUT2D eigenvalue weighted by Gasteiger charge is 2.15. The van der Waals surface area contributed by atoms with Crippen molar-refractivity contribution < 1.29 is 9.90 Å². The molecule has 0 bridgehead atoms. The standard InChI is InChI=1S/C20H21N3O2S/c1-12-9-10-16(24)13(2)18(12)23-19(25)17-11-21-20(26-17)22-14(3)15-7-5-4-6-8-15/h4-11,14,24H,1-3H3,(H,21,22)(H,23,25)/t14-/m1/s1. The van der Waals surface area contributed by atoms with Crippen molar-refractivity contribution in [3.8, 4) is 5.75 Å². The van der Waals surface area contributed by atoms with Crippen molar-refractivity contribution >= 4 is 28.1 Å². The molecule has 0 spiro atoms. The molecule has 0 unspecified atom stereocenters. The number of benzene rings is 2. The van der Waals surface area contributed by atoms with E-state index in [-0.39, 0.29) is 17.7 Å². The van der Waals surface area contributed by atoms with E-state index in [9.17, 15) is 9.90 Å². The summed E-state index contributed by atoms with van der Waals surface area (Å²) in [6.45, 7) is 5.72. The van der Waals surface area contributed by atoms with Gasteiger partial charge in [-0.2, -0.15) is 0 Å². The quantitative estimate of drug-likeness (QED) is 0.600. The minimum absolute atomic E-state index is 0.0915. The van der Waals surface area contributed by atoms with Crippen LogP contribution in [0.4, 0.5) is 10.8 Å². The number of nitrogens with one attached hydrogen (secondary N) is 2. The lowest BCUT2D eigenvalue weighted by Crippen LogP contribution is -2.12. The molecule has 2 aromatic carbocycles. The molecule has 1 atom stereocenters. The number of aromatic nitrogens is 1. The molecule has 3 N–H and O–H groups in total. The van der Waals surface area contributed by atoms with E-state index in [1.54, 1.807) is 25.3 Å². The Kier molecular flexibility index (Phi) is 5.23. The fraction of sp³-hybridized carbons (Fsp3) is 0.200. The van der Waals surface area contributed by atoms with E-state index in [0.717, 1.165) is 11.1 Å². The van der Waals surface area contributed by atoms with E-state index in [4.69, 9.17) is 0 Å². The minimum Gasteiger partial charge on any atom is -0.508 e. The molecule has 1 aromatic heterocycles. The van der Waals surface area contributed by atoms with Gasteiger partial charge in [-0.1, -0.05) is 47.7 Å². The summed E-state index contributed by atoms with van der Waals surface area (Å²) in [4.78, 5) is 17.4. The molecule has 6 heteroatoms. The molecule has 1 heterocycles. The second-order valence-electron chi connectivity index (χ2n) is 6.16. The van der Waals surface area contributed by atoms with E-state index in [1.807, 2.05) is 37.3 Å². The van der Waals surface area contributed by atoms with E-state index in [2.05, 4.69) is 22.5 Å². The van der Waals surface area contributed by atoms with Gasteiger partial charge < -0.3 is 15.7 Å². The Morgan fingerprint density at radius 1 is 1.15 bits per heavy atom. The lowest BCUT2D eigenvalue weighted by atomic mass is 10.1. The lowest BCUT2D eigenvalue weighted by molar-refractivity contribution is 0.103. The van der Waals surface area contributed by atoms with E-state index >= 15 is 0 Å². The molecular formula is C20H21N3O2S. The Hall–Kier alpha value is -2.86. The molecule has 0 fully saturated rings. The van der Waals surface area contributed by atoms with Crippen LogP contribution in [0.15, 0.2) is 48.7 Å². The molecule has 1 amide bonds. The topological polar surface area (TPSA) is 74.2 Å². The Morgan fingerprint density at radius 2 is 1.88 bits per heavy atom. The lowest BCUT2D eigenvalue weighted by Gasteiger charge is -2.13. The second kappa shape index (κ2) is 7.58. The second-order valence-corrected chi connectivity index (χ2v) is 7.19. The Morgan fingerprint density at radius 3 is 2.62 bits per heavy atom. The maximum absolute atomic E-state index is 12.5. The number of phenols is 1. The largest absolute Gasteiger partial charge is 0.508 e. The predicted octanol–water partition coefficient (Wildman–Crippen LogP) is 4.89. The zero-order valence-corrected chi connectivity index (χ0v) is 15.7. The number of thiazole rings is 1. The maximum atomic E-state index is 12.5. The first-order chi connectivity index (χ1) is 12.5. The molecule has 0 aliphatic heterocycles. The van der Waals surface area contributed by atoms with E-state index < -0.39 is 0 Å². The van der Waals surface area contributed by atoms with Crippen molar-refractivity contribution in [3.05, 3.63) is 70.2 Å². The van der Waals surface area contributed by atoms with Gasteiger partial charge in [0.05, 0.1) is 17.9 Å². The number of aryl methyl sites for hydroxylation is 1. The number of anilines is 2. The van der Waals surface area contributed by atoms with Gasteiger partial charge in [-0.25, -0.2) is 4.98 Å². The summed E-state index contributed by atoms with van der Waals surface area (Å²) in [6.07, 6.45) is 1.56. The molecule has 5 nitrogen and oxygen atoms in total. The van der Waals surface area contributed by atoms with Gasteiger partial charge >= 0.3 is 0 Å². The van der Waals surface area contributed by atoms with Gasteiger partial charge in [0, 0.05) is 5.56 Å². The van der Waals surface area contributed by atoms with Crippen LogP contribution in [-0.4, -0.2) is 16.0 Å². The summed E-state index contributed by atoms with van der Waals surface area (Å²) in [5.74, 6) is -0.0750. The number of amides is 1. The summed E-state index contributed by atoms with van der Waals surface area (Å²) in [5, 5.41) is 16.7. The Balaban J connectivity index is 1.72. The van der Waals surface area contributed by atoms with Crippen LogP contribution in [0.5, 0.6) is 5.75 Å². The zero-order chi connectivity index (χ0) is 18.7. The molecule has 0 saturated heterocycles. The molecule has 0 aliphatic carbocycles. The minimum atomic E-state index is -0.236. The Bertz CT molecular complexity index is 922. The number of carbonyl (C=O) groups excluding carboxylic acids is 1. The summed E-state index contributed by atoms with van der Waals surface area (Å²) < 4.78 is 0. The number of aromatic hydroxyl groups is 1. The number of carbonyl (C=O) groups is 1. The molecule has 0 saturated carbocycles. The first-order valence-electron chi connectivity index (χ1n) is 8.33. The first-order valence-corrected chi connectivity index (χ1v) is 9.15. The van der Waals surface area contributed by atoms with Crippen molar-refractivity contribution in [3.63, 3.8) is 0 Å². The first kappa shape index (κ1) is 17.9. The van der Waals surface area contributed by atoms with Crippen molar-refractivity contribution in [1.82, 2.24) is 4.98 Å². The van der Waals surface area contributed by atoms with E-state index in [1.165, 1.54) is 11.3 Å². The third-order valence-electron chi connectivity index (χ3n) is 4.25. The van der Waals surface area contributed by atoms with Crippen LogP contribution < -0.4 is 10.6 Å². The average molecular weight is 367 g/mol. The molecule has 134 valence electrons. The fourth-order valence-electron chi connectivity index (χ4n) is 2.66. The van der Waals surface area contributed by atoms with Crippen molar-refractivity contribution in [2.75, 3.05) is 10.6 Å². The van der Waals surface area contributed by atoms with Gasteiger partial charge in [0.2, 0.25) is 0 Å². The molecule has 3 aromatic rings. The summed E-state index contributed by atoms with van der Waals surface area (Å²) in [6, 6.07) is 13.6. The summed E-state index contributed by atoms with van der Waals surface area (Å²) in [5.41, 5.74) is 3.34. The highest BCUT2D eigenvalue weighted by Crippen LogP contribution is 2.29. The molecule has 0 aliphatic rings. The average Bonchev–Trinajstić information content (AvgIpc) is 3.11. The smallest absolute Gasteiger partial charge is 0.267 e. The van der Waals surface area contributed by atoms with Crippen LogP contribution in [-0.2, 0) is 0 Å². The van der Waals surface area contributed by atoms with Crippen molar-refractivity contribution in [2.24, 2.45) is 0 Å². The number of hydrogen-bond donors (Lipinski definition) is 3. The molecule has 3 rings (SSSR count). The SMILES string of the molecule is Cc1ccc(O)c(C)c1NC(=O)c1cnc(N[C@H](C)c2ccccc2)s1. The number of nitrogens with zero attached hydrogens (tertiary/aromatic N) is 1.